The van der Waals surface area contributed by atoms with E-state index in [1.54, 1.807) is 0 Å². The van der Waals surface area contributed by atoms with Gasteiger partial charge in [0.25, 0.3) is 5.91 Å². The van der Waals surface area contributed by atoms with Gasteiger partial charge in [0.05, 0.1) is 0 Å². The lowest BCUT2D eigenvalue weighted by atomic mass is 9.70. The summed E-state index contributed by atoms with van der Waals surface area (Å²) in [6, 6.07) is 9.90. The first kappa shape index (κ1) is 13.6. The number of carbonyl (C=O) groups excluding carboxylic acids is 2. The Bertz CT molecular complexity index is 687. The molecule has 1 aliphatic carbocycles. The van der Waals surface area contributed by atoms with Crippen LogP contribution < -0.4 is 5.73 Å². The molecule has 0 fully saturated rings. The molecule has 1 aliphatic heterocycles. The molecule has 21 heavy (non-hydrogen) atoms. The molecule has 1 amide bonds. The highest BCUT2D eigenvalue weighted by Gasteiger charge is 2.52. The summed E-state index contributed by atoms with van der Waals surface area (Å²) in [4.78, 5) is 23.7. The van der Waals surface area contributed by atoms with Crippen molar-refractivity contribution in [3.05, 3.63) is 58.7 Å². The third-order valence-corrected chi connectivity index (χ3v) is 4.34. The lowest BCUT2D eigenvalue weighted by Crippen LogP contribution is -2.38. The topological polar surface area (TPSA) is 69.4 Å². The van der Waals surface area contributed by atoms with Gasteiger partial charge < -0.3 is 10.5 Å². The van der Waals surface area contributed by atoms with Crippen LogP contribution in [0.1, 0.15) is 31.7 Å². The number of allylic oxidation sites excluding steroid dienone is 1. The van der Waals surface area contributed by atoms with Crippen LogP contribution >= 0.6 is 0 Å². The first-order valence-corrected chi connectivity index (χ1v) is 6.93. The molecular weight excluding hydrogens is 266 g/mol. The van der Waals surface area contributed by atoms with Crippen LogP contribution in [0.25, 0.3) is 0 Å². The van der Waals surface area contributed by atoms with E-state index >= 15 is 0 Å². The molecule has 108 valence electrons. The van der Waals surface area contributed by atoms with Gasteiger partial charge in [-0.2, -0.15) is 0 Å². The van der Waals surface area contributed by atoms with Crippen LogP contribution in [0, 0.1) is 0 Å². The average molecular weight is 283 g/mol. The molecule has 2 unspecified atom stereocenters. The van der Waals surface area contributed by atoms with E-state index in [1.807, 2.05) is 50.3 Å². The second-order valence-electron chi connectivity index (χ2n) is 5.81. The van der Waals surface area contributed by atoms with E-state index in [-0.39, 0.29) is 11.5 Å². The highest BCUT2D eigenvalue weighted by Crippen LogP contribution is 2.50. The summed E-state index contributed by atoms with van der Waals surface area (Å²) in [5.74, 6) is -1.36. The molecule has 0 bridgehead atoms. The van der Waals surface area contributed by atoms with Crippen LogP contribution in [0.3, 0.4) is 0 Å². The van der Waals surface area contributed by atoms with E-state index < -0.39 is 17.5 Å². The maximum absolute atomic E-state index is 12.1. The molecule has 4 nitrogen and oxygen atoms in total. The fourth-order valence-electron chi connectivity index (χ4n) is 3.31. The predicted octanol–water partition coefficient (Wildman–Crippen LogP) is 2.22. The van der Waals surface area contributed by atoms with Gasteiger partial charge in [-0.3, -0.25) is 4.79 Å². The number of esters is 1. The molecule has 0 saturated heterocycles. The number of benzene rings is 1. The Balaban J connectivity index is 2.19. The number of nitrogens with two attached hydrogens (primary N) is 1. The first-order valence-electron chi connectivity index (χ1n) is 6.93. The molecule has 1 aromatic rings. The Morgan fingerprint density at radius 3 is 2.62 bits per heavy atom. The number of rotatable bonds is 2. The van der Waals surface area contributed by atoms with Gasteiger partial charge in [0.15, 0.2) is 0 Å². The first-order chi connectivity index (χ1) is 9.93. The second kappa shape index (κ2) is 4.58. The third-order valence-electron chi connectivity index (χ3n) is 4.34. The van der Waals surface area contributed by atoms with Gasteiger partial charge in [0.1, 0.15) is 11.2 Å². The highest BCUT2D eigenvalue weighted by atomic mass is 16.6. The number of hydrogen-bond donors (Lipinski definition) is 1. The van der Waals surface area contributed by atoms with Crippen LogP contribution in [-0.4, -0.2) is 17.5 Å². The summed E-state index contributed by atoms with van der Waals surface area (Å²) < 4.78 is 5.58. The Hall–Kier alpha value is -2.36. The van der Waals surface area contributed by atoms with Crippen molar-refractivity contribution < 1.29 is 14.3 Å². The van der Waals surface area contributed by atoms with Crippen molar-refractivity contribution in [2.45, 2.75) is 31.8 Å². The average Bonchev–Trinajstić information content (AvgIpc) is 2.69. The Morgan fingerprint density at radius 2 is 2.00 bits per heavy atom. The van der Waals surface area contributed by atoms with Gasteiger partial charge in [-0.25, -0.2) is 4.79 Å². The van der Waals surface area contributed by atoms with Gasteiger partial charge in [-0.15, -0.1) is 0 Å². The molecule has 2 N–H and O–H groups in total. The number of primary amides is 1. The normalized spacial score (nSPS) is 28.0. The van der Waals surface area contributed by atoms with Crippen molar-refractivity contribution in [2.75, 3.05) is 0 Å². The van der Waals surface area contributed by atoms with E-state index in [9.17, 15) is 9.59 Å². The summed E-state index contributed by atoms with van der Waals surface area (Å²) in [7, 11) is 0. The van der Waals surface area contributed by atoms with Crippen molar-refractivity contribution in [3.63, 3.8) is 0 Å². The SMILES string of the molecule is CC1=CC2=C(C(N)=O)C(=O)OC2(C)C(c2ccccc2)C1. The zero-order chi connectivity index (χ0) is 15.2. The van der Waals surface area contributed by atoms with Crippen LogP contribution in [0.2, 0.25) is 0 Å². The fourth-order valence-corrected chi connectivity index (χ4v) is 3.31. The number of hydrogen-bond acceptors (Lipinski definition) is 3. The smallest absolute Gasteiger partial charge is 0.345 e. The molecule has 2 atom stereocenters. The molecule has 2 aliphatic rings. The maximum Gasteiger partial charge on any atom is 0.345 e. The minimum atomic E-state index is -0.831. The fraction of sp³-hybridized carbons (Fsp3) is 0.294. The van der Waals surface area contributed by atoms with E-state index in [0.29, 0.717) is 5.57 Å². The molecule has 0 saturated carbocycles. The lowest BCUT2D eigenvalue weighted by molar-refractivity contribution is -0.148. The van der Waals surface area contributed by atoms with Crippen molar-refractivity contribution in [1.29, 1.82) is 0 Å². The number of carbonyl (C=O) groups is 2. The highest BCUT2D eigenvalue weighted by molar-refractivity contribution is 6.18. The second-order valence-corrected chi connectivity index (χ2v) is 5.81. The van der Waals surface area contributed by atoms with Crippen molar-refractivity contribution in [1.82, 2.24) is 0 Å². The molecule has 1 heterocycles. The van der Waals surface area contributed by atoms with Gasteiger partial charge in [-0.1, -0.05) is 42.0 Å². The van der Waals surface area contributed by atoms with Crippen molar-refractivity contribution in [2.24, 2.45) is 5.73 Å². The van der Waals surface area contributed by atoms with E-state index in [2.05, 4.69) is 0 Å². The predicted molar refractivity (Wildman–Crippen MR) is 78.3 cm³/mol. The minimum absolute atomic E-state index is 0.0144. The quantitative estimate of drug-likeness (QED) is 0.668. The molecule has 1 aromatic carbocycles. The van der Waals surface area contributed by atoms with E-state index in [4.69, 9.17) is 10.5 Å². The minimum Gasteiger partial charge on any atom is -0.450 e. The Labute approximate surface area is 123 Å². The van der Waals surface area contributed by atoms with Gasteiger partial charge in [0, 0.05) is 11.5 Å². The molecular formula is C17H17NO3. The Kier molecular flexibility index (Phi) is 2.97. The van der Waals surface area contributed by atoms with Crippen LogP contribution in [0.15, 0.2) is 53.1 Å². The molecule has 0 radical (unpaired) electrons. The monoisotopic (exact) mass is 283 g/mol. The summed E-state index contributed by atoms with van der Waals surface area (Å²) in [5.41, 5.74) is 7.31. The van der Waals surface area contributed by atoms with E-state index in [1.165, 1.54) is 0 Å². The summed E-state index contributed by atoms with van der Waals surface area (Å²) in [6.07, 6.45) is 2.65. The Morgan fingerprint density at radius 1 is 1.33 bits per heavy atom. The molecule has 4 heteroatoms. The largest absolute Gasteiger partial charge is 0.450 e. The summed E-state index contributed by atoms with van der Waals surface area (Å²) in [5, 5.41) is 0. The standard InChI is InChI=1S/C17H17NO3/c1-10-8-12(11-6-4-3-5-7-11)17(2)13(9-10)14(15(18)19)16(20)21-17/h3-7,9,12H,8H2,1-2H3,(H2,18,19). The molecule has 3 rings (SSSR count). The van der Waals surface area contributed by atoms with Crippen LogP contribution in [-0.2, 0) is 14.3 Å². The van der Waals surface area contributed by atoms with E-state index in [0.717, 1.165) is 17.6 Å². The third kappa shape index (κ3) is 1.98. The van der Waals surface area contributed by atoms with Crippen molar-refractivity contribution in [3.8, 4) is 0 Å². The zero-order valence-corrected chi connectivity index (χ0v) is 12.1. The number of amides is 1. The number of fused-ring (bicyclic) bond motifs is 1. The summed E-state index contributed by atoms with van der Waals surface area (Å²) in [6.45, 7) is 3.85. The van der Waals surface area contributed by atoms with Gasteiger partial charge >= 0.3 is 5.97 Å². The van der Waals surface area contributed by atoms with Gasteiger partial charge in [0.2, 0.25) is 0 Å². The lowest BCUT2D eigenvalue weighted by Gasteiger charge is -2.38. The van der Waals surface area contributed by atoms with Gasteiger partial charge in [-0.05, 0) is 25.8 Å². The van der Waals surface area contributed by atoms with Crippen molar-refractivity contribution >= 4 is 11.9 Å². The number of ether oxygens (including phenoxy) is 1. The summed E-state index contributed by atoms with van der Waals surface area (Å²) >= 11 is 0. The van der Waals surface area contributed by atoms with Crippen LogP contribution in [0.5, 0.6) is 0 Å². The molecule has 0 aromatic heterocycles. The zero-order valence-electron chi connectivity index (χ0n) is 12.1. The maximum atomic E-state index is 12.1. The molecule has 0 spiro atoms. The van der Waals surface area contributed by atoms with Crippen LogP contribution in [0.4, 0.5) is 0 Å².